The molecule has 0 bridgehead atoms. The van der Waals surface area contributed by atoms with Gasteiger partial charge in [0.15, 0.2) is 0 Å². The lowest BCUT2D eigenvalue weighted by atomic mass is 10.1. The molecule has 0 N–H and O–H groups in total. The van der Waals surface area contributed by atoms with E-state index in [-0.39, 0.29) is 0 Å². The summed E-state index contributed by atoms with van der Waals surface area (Å²) in [4.78, 5) is 6.67. The lowest BCUT2D eigenvalue weighted by Crippen LogP contribution is -2.15. The van der Waals surface area contributed by atoms with Gasteiger partial charge in [-0.05, 0) is 23.3 Å². The van der Waals surface area contributed by atoms with Crippen molar-refractivity contribution >= 4 is 5.82 Å². The minimum absolute atomic E-state index is 0.979. The molecule has 0 amide bonds. The second kappa shape index (κ2) is 3.39. The molecule has 0 unspecified atom stereocenters. The fourth-order valence-corrected chi connectivity index (χ4v) is 2.04. The Morgan fingerprint density at radius 1 is 0.867 bits per heavy atom. The molecule has 0 saturated heterocycles. The van der Waals surface area contributed by atoms with Gasteiger partial charge in [0.1, 0.15) is 5.82 Å². The molecular weight excluding hydrogens is 184 g/mol. The Hall–Kier alpha value is -1.83. The van der Waals surface area contributed by atoms with Gasteiger partial charge in [-0.25, -0.2) is 4.98 Å². The predicted molar refractivity (Wildman–Crippen MR) is 60.6 cm³/mol. The van der Waals surface area contributed by atoms with Crippen molar-refractivity contribution in [3.63, 3.8) is 0 Å². The van der Waals surface area contributed by atoms with Gasteiger partial charge in [-0.2, -0.15) is 0 Å². The van der Waals surface area contributed by atoms with Gasteiger partial charge in [0, 0.05) is 19.3 Å². The third-order valence-corrected chi connectivity index (χ3v) is 2.81. The van der Waals surface area contributed by atoms with Crippen molar-refractivity contribution in [3.8, 4) is 0 Å². The molecule has 2 heteroatoms. The van der Waals surface area contributed by atoms with Gasteiger partial charge in [0.05, 0.1) is 0 Å². The van der Waals surface area contributed by atoms with Crippen LogP contribution in [0.2, 0.25) is 0 Å². The molecule has 3 rings (SSSR count). The quantitative estimate of drug-likeness (QED) is 0.697. The Morgan fingerprint density at radius 3 is 2.13 bits per heavy atom. The number of nitrogens with zero attached hydrogens (tertiary/aromatic N) is 2. The number of rotatable bonds is 1. The van der Waals surface area contributed by atoms with Crippen LogP contribution < -0.4 is 4.90 Å². The predicted octanol–water partition coefficient (Wildman–Crippen LogP) is 2.60. The van der Waals surface area contributed by atoms with Crippen molar-refractivity contribution in [2.45, 2.75) is 13.1 Å². The number of anilines is 1. The smallest absolute Gasteiger partial charge is 0.129 e. The first-order valence-corrected chi connectivity index (χ1v) is 5.16. The molecule has 0 atom stereocenters. The molecule has 0 aliphatic carbocycles. The van der Waals surface area contributed by atoms with Crippen LogP contribution in [-0.2, 0) is 13.1 Å². The number of fused-ring (bicyclic) bond motifs is 1. The summed E-state index contributed by atoms with van der Waals surface area (Å²) >= 11 is 0. The van der Waals surface area contributed by atoms with Crippen LogP contribution >= 0.6 is 0 Å². The van der Waals surface area contributed by atoms with Crippen LogP contribution in [0.1, 0.15) is 11.1 Å². The van der Waals surface area contributed by atoms with Crippen LogP contribution in [0.3, 0.4) is 0 Å². The average molecular weight is 196 g/mol. The molecule has 0 radical (unpaired) electrons. The fourth-order valence-electron chi connectivity index (χ4n) is 2.04. The van der Waals surface area contributed by atoms with E-state index < -0.39 is 0 Å². The Labute approximate surface area is 89.2 Å². The fraction of sp³-hybridized carbons (Fsp3) is 0.154. The highest BCUT2D eigenvalue weighted by atomic mass is 15.2. The zero-order valence-electron chi connectivity index (χ0n) is 8.43. The summed E-state index contributed by atoms with van der Waals surface area (Å²) in [6, 6.07) is 14.6. The summed E-state index contributed by atoms with van der Waals surface area (Å²) in [5.41, 5.74) is 2.84. The normalized spacial score (nSPS) is 14.0. The number of pyridine rings is 1. The molecule has 0 fully saturated rings. The molecule has 1 aliphatic rings. The highest BCUT2D eigenvalue weighted by molar-refractivity contribution is 5.46. The van der Waals surface area contributed by atoms with Gasteiger partial charge in [0.2, 0.25) is 0 Å². The van der Waals surface area contributed by atoms with E-state index >= 15 is 0 Å². The van der Waals surface area contributed by atoms with E-state index in [0.717, 1.165) is 18.9 Å². The van der Waals surface area contributed by atoms with Crippen molar-refractivity contribution in [2.24, 2.45) is 0 Å². The van der Waals surface area contributed by atoms with E-state index in [2.05, 4.69) is 40.2 Å². The second-order valence-electron chi connectivity index (χ2n) is 3.81. The monoisotopic (exact) mass is 196 g/mol. The van der Waals surface area contributed by atoms with E-state index in [0.29, 0.717) is 0 Å². The first kappa shape index (κ1) is 8.48. The van der Waals surface area contributed by atoms with Crippen LogP contribution in [0, 0.1) is 0 Å². The van der Waals surface area contributed by atoms with Gasteiger partial charge < -0.3 is 4.90 Å². The summed E-state index contributed by atoms with van der Waals surface area (Å²) in [6.45, 7) is 1.96. The Balaban J connectivity index is 1.91. The van der Waals surface area contributed by atoms with Crippen molar-refractivity contribution in [1.82, 2.24) is 4.98 Å². The van der Waals surface area contributed by atoms with E-state index in [1.165, 1.54) is 11.1 Å². The SMILES string of the molecule is c1ccc(N2Cc3ccccc3C2)nc1. The summed E-state index contributed by atoms with van der Waals surface area (Å²) in [5.74, 6) is 1.06. The van der Waals surface area contributed by atoms with E-state index in [1.807, 2.05) is 18.3 Å². The standard InChI is InChI=1S/C13H12N2/c1-2-6-12-10-15(9-11(12)5-1)13-7-3-4-8-14-13/h1-8H,9-10H2. The van der Waals surface area contributed by atoms with Crippen molar-refractivity contribution in [1.29, 1.82) is 0 Å². The van der Waals surface area contributed by atoms with Crippen LogP contribution in [0.25, 0.3) is 0 Å². The summed E-state index contributed by atoms with van der Waals surface area (Å²) in [5, 5.41) is 0. The molecular formula is C13H12N2. The topological polar surface area (TPSA) is 16.1 Å². The molecule has 2 nitrogen and oxygen atoms in total. The molecule has 74 valence electrons. The van der Waals surface area contributed by atoms with Crippen LogP contribution in [0.15, 0.2) is 48.7 Å². The number of hydrogen-bond acceptors (Lipinski definition) is 2. The zero-order valence-corrected chi connectivity index (χ0v) is 8.43. The van der Waals surface area contributed by atoms with Crippen LogP contribution in [0.4, 0.5) is 5.82 Å². The molecule has 1 aliphatic heterocycles. The van der Waals surface area contributed by atoms with Gasteiger partial charge in [-0.3, -0.25) is 0 Å². The van der Waals surface area contributed by atoms with Crippen molar-refractivity contribution < 1.29 is 0 Å². The van der Waals surface area contributed by atoms with Crippen molar-refractivity contribution in [3.05, 3.63) is 59.8 Å². The summed E-state index contributed by atoms with van der Waals surface area (Å²) in [7, 11) is 0. The molecule has 2 heterocycles. The lowest BCUT2D eigenvalue weighted by molar-refractivity contribution is 0.857. The van der Waals surface area contributed by atoms with Gasteiger partial charge in [-0.15, -0.1) is 0 Å². The zero-order chi connectivity index (χ0) is 10.1. The molecule has 15 heavy (non-hydrogen) atoms. The number of benzene rings is 1. The Bertz CT molecular complexity index is 440. The van der Waals surface area contributed by atoms with Crippen molar-refractivity contribution in [2.75, 3.05) is 4.90 Å². The largest absolute Gasteiger partial charge is 0.348 e. The maximum Gasteiger partial charge on any atom is 0.129 e. The summed E-state index contributed by atoms with van der Waals surface area (Å²) < 4.78 is 0. The third kappa shape index (κ3) is 1.48. The van der Waals surface area contributed by atoms with E-state index in [9.17, 15) is 0 Å². The molecule has 1 aromatic carbocycles. The highest BCUT2D eigenvalue weighted by Crippen LogP contribution is 2.25. The molecule has 1 aromatic heterocycles. The van der Waals surface area contributed by atoms with Gasteiger partial charge in [-0.1, -0.05) is 30.3 Å². The molecule has 2 aromatic rings. The minimum Gasteiger partial charge on any atom is -0.348 e. The first-order chi connectivity index (χ1) is 7.43. The number of hydrogen-bond donors (Lipinski definition) is 0. The van der Waals surface area contributed by atoms with E-state index in [1.54, 1.807) is 0 Å². The Kier molecular flexibility index (Phi) is 1.91. The average Bonchev–Trinajstić information content (AvgIpc) is 2.74. The van der Waals surface area contributed by atoms with Gasteiger partial charge in [0.25, 0.3) is 0 Å². The highest BCUT2D eigenvalue weighted by Gasteiger charge is 2.18. The first-order valence-electron chi connectivity index (χ1n) is 5.16. The maximum atomic E-state index is 4.37. The van der Waals surface area contributed by atoms with Crippen LogP contribution in [-0.4, -0.2) is 4.98 Å². The lowest BCUT2D eigenvalue weighted by Gasteiger charge is -2.15. The molecule has 0 saturated carbocycles. The second-order valence-corrected chi connectivity index (χ2v) is 3.81. The summed E-state index contributed by atoms with van der Waals surface area (Å²) in [6.07, 6.45) is 1.85. The third-order valence-electron chi connectivity index (χ3n) is 2.81. The molecule has 0 spiro atoms. The van der Waals surface area contributed by atoms with E-state index in [4.69, 9.17) is 0 Å². The van der Waals surface area contributed by atoms with Crippen LogP contribution in [0.5, 0.6) is 0 Å². The minimum atomic E-state index is 0.979. The van der Waals surface area contributed by atoms with Gasteiger partial charge >= 0.3 is 0 Å². The maximum absolute atomic E-state index is 4.37. The number of aromatic nitrogens is 1. The Morgan fingerprint density at radius 2 is 1.53 bits per heavy atom.